The highest BCUT2D eigenvalue weighted by atomic mass is 35.7. The van der Waals surface area contributed by atoms with Gasteiger partial charge in [-0.3, -0.25) is 0 Å². The van der Waals surface area contributed by atoms with Gasteiger partial charge in [-0.1, -0.05) is 0 Å². The van der Waals surface area contributed by atoms with E-state index in [0.717, 1.165) is 0 Å². The molecule has 0 rings (SSSR count). The summed E-state index contributed by atoms with van der Waals surface area (Å²) in [4.78, 5) is 0. The van der Waals surface area contributed by atoms with E-state index in [1.165, 1.54) is 0 Å². The molecule has 0 spiro atoms. The van der Waals surface area contributed by atoms with Gasteiger partial charge in [-0.05, 0) is 27.3 Å². The summed E-state index contributed by atoms with van der Waals surface area (Å²) in [5.41, 5.74) is -0.218. The van der Waals surface area contributed by atoms with Gasteiger partial charge in [0.2, 0.25) is 0 Å². The van der Waals surface area contributed by atoms with Gasteiger partial charge < -0.3 is 4.43 Å². The van der Waals surface area contributed by atoms with Crippen molar-refractivity contribution in [2.24, 2.45) is 0 Å². The molecule has 56 valence electrons. The Labute approximate surface area is 66.8 Å². The Balaban J connectivity index is 3.75. The van der Waals surface area contributed by atoms with Crippen LogP contribution in [0.25, 0.3) is 0 Å². The topological polar surface area (TPSA) is 9.23 Å². The highest BCUT2D eigenvalue weighted by molar-refractivity contribution is 7.41. The van der Waals surface area contributed by atoms with Crippen LogP contribution in [0.2, 0.25) is 6.55 Å². The molecule has 0 atom stereocenters. The SMILES string of the molecule is CC(C)(C)O[Si](C)(Cl)Cl. The van der Waals surface area contributed by atoms with Crippen molar-refractivity contribution < 1.29 is 4.43 Å². The van der Waals surface area contributed by atoms with Crippen molar-refractivity contribution >= 4 is 29.1 Å². The monoisotopic (exact) mass is 186 g/mol. The lowest BCUT2D eigenvalue weighted by Gasteiger charge is -2.25. The van der Waals surface area contributed by atoms with Crippen molar-refractivity contribution in [2.45, 2.75) is 32.9 Å². The maximum Gasteiger partial charge on any atom is 0.386 e. The van der Waals surface area contributed by atoms with Gasteiger partial charge in [0.25, 0.3) is 0 Å². The van der Waals surface area contributed by atoms with E-state index in [4.69, 9.17) is 26.6 Å². The fraction of sp³-hybridized carbons (Fsp3) is 1.00. The summed E-state index contributed by atoms with van der Waals surface area (Å²) in [5.74, 6) is 0. The van der Waals surface area contributed by atoms with Crippen LogP contribution in [0.3, 0.4) is 0 Å². The van der Waals surface area contributed by atoms with Gasteiger partial charge in [0, 0.05) is 0 Å². The quantitative estimate of drug-likeness (QED) is 0.453. The molecule has 0 aromatic carbocycles. The lowest BCUT2D eigenvalue weighted by Crippen LogP contribution is -2.32. The van der Waals surface area contributed by atoms with E-state index in [1.54, 1.807) is 6.55 Å². The summed E-state index contributed by atoms with van der Waals surface area (Å²) in [5, 5.41) is 0. The van der Waals surface area contributed by atoms with E-state index in [2.05, 4.69) is 0 Å². The van der Waals surface area contributed by atoms with Crippen LogP contribution in [0, 0.1) is 0 Å². The van der Waals surface area contributed by atoms with Gasteiger partial charge >= 0.3 is 6.94 Å². The fourth-order valence-electron chi connectivity index (χ4n) is 0.538. The first kappa shape index (κ1) is 9.76. The van der Waals surface area contributed by atoms with Gasteiger partial charge in [0.15, 0.2) is 0 Å². The molecule has 0 saturated carbocycles. The molecule has 0 aromatic heterocycles. The molecule has 0 bridgehead atoms. The third kappa shape index (κ3) is 8.76. The molecule has 9 heavy (non-hydrogen) atoms. The highest BCUT2D eigenvalue weighted by Gasteiger charge is 2.29. The lowest BCUT2D eigenvalue weighted by molar-refractivity contribution is 0.133. The molecule has 0 unspecified atom stereocenters. The predicted octanol–water partition coefficient (Wildman–Crippen LogP) is 2.85. The van der Waals surface area contributed by atoms with E-state index < -0.39 is 6.94 Å². The molecule has 0 aliphatic carbocycles. The van der Waals surface area contributed by atoms with Crippen LogP contribution >= 0.6 is 22.2 Å². The molecule has 4 heteroatoms. The van der Waals surface area contributed by atoms with Crippen LogP contribution in [0.15, 0.2) is 0 Å². The first-order valence-corrected chi connectivity index (χ1v) is 7.22. The van der Waals surface area contributed by atoms with E-state index in [0.29, 0.717) is 0 Å². The minimum Gasteiger partial charge on any atom is -0.387 e. The molecule has 0 radical (unpaired) electrons. The average Bonchev–Trinajstić information content (AvgIpc) is 1.14. The van der Waals surface area contributed by atoms with Gasteiger partial charge in [-0.15, -0.1) is 22.2 Å². The van der Waals surface area contributed by atoms with E-state index in [-0.39, 0.29) is 5.60 Å². The first-order chi connectivity index (χ1) is 3.71. The average molecular weight is 187 g/mol. The second-order valence-electron chi connectivity index (χ2n) is 3.02. The second-order valence-corrected chi connectivity index (χ2v) is 9.75. The maximum absolute atomic E-state index is 5.70. The normalized spacial score (nSPS) is 14.0. The fourth-order valence-corrected chi connectivity index (χ4v) is 3.00. The second kappa shape index (κ2) is 2.78. The molecule has 0 fully saturated rings. The number of rotatable bonds is 1. The summed E-state index contributed by atoms with van der Waals surface area (Å²) in [6, 6.07) is 0. The van der Waals surface area contributed by atoms with E-state index in [9.17, 15) is 0 Å². The summed E-state index contributed by atoms with van der Waals surface area (Å²) < 4.78 is 5.29. The Bertz CT molecular complexity index is 80.1. The van der Waals surface area contributed by atoms with Crippen molar-refractivity contribution in [3.63, 3.8) is 0 Å². The minimum atomic E-state index is -2.35. The Kier molecular flexibility index (Phi) is 3.02. The van der Waals surface area contributed by atoms with E-state index >= 15 is 0 Å². The minimum absolute atomic E-state index is 0.218. The zero-order valence-corrected chi connectivity index (χ0v) is 8.68. The van der Waals surface area contributed by atoms with Crippen LogP contribution in [-0.4, -0.2) is 12.5 Å². The summed E-state index contributed by atoms with van der Waals surface area (Å²) in [6.07, 6.45) is 0. The predicted molar refractivity (Wildman–Crippen MR) is 44.2 cm³/mol. The number of halogens is 2. The molecular formula is C5H12Cl2OSi. The van der Waals surface area contributed by atoms with Crippen LogP contribution in [-0.2, 0) is 4.43 Å². The summed E-state index contributed by atoms with van der Waals surface area (Å²) in [6.45, 7) is 5.19. The van der Waals surface area contributed by atoms with Crippen molar-refractivity contribution in [1.82, 2.24) is 0 Å². The zero-order chi connectivity index (χ0) is 7.71. The van der Waals surface area contributed by atoms with Gasteiger partial charge in [-0.25, -0.2) is 0 Å². The third-order valence-electron chi connectivity index (χ3n) is 0.485. The molecule has 1 nitrogen and oxygen atoms in total. The summed E-state index contributed by atoms with van der Waals surface area (Å²) in [7, 11) is 0. The lowest BCUT2D eigenvalue weighted by atomic mass is 10.2. The standard InChI is InChI=1S/C5H12Cl2OSi/c1-5(2,3)8-9(4,6)7/h1-4H3. The maximum atomic E-state index is 5.70. The molecule has 0 heterocycles. The molecule has 0 aliphatic rings. The van der Waals surface area contributed by atoms with Crippen molar-refractivity contribution in [2.75, 3.05) is 0 Å². The zero-order valence-electron chi connectivity index (χ0n) is 6.16. The molecule has 0 aromatic rings. The first-order valence-electron chi connectivity index (χ1n) is 2.79. The Morgan fingerprint density at radius 2 is 1.56 bits per heavy atom. The van der Waals surface area contributed by atoms with Crippen LogP contribution in [0.5, 0.6) is 0 Å². The Morgan fingerprint density at radius 3 is 1.56 bits per heavy atom. The van der Waals surface area contributed by atoms with Gasteiger partial charge in [0.05, 0.1) is 5.60 Å². The molecule has 0 N–H and O–H groups in total. The third-order valence-corrected chi connectivity index (χ3v) is 1.92. The van der Waals surface area contributed by atoms with Crippen LogP contribution in [0.1, 0.15) is 20.8 Å². The smallest absolute Gasteiger partial charge is 0.386 e. The molecule has 0 amide bonds. The van der Waals surface area contributed by atoms with Crippen molar-refractivity contribution in [1.29, 1.82) is 0 Å². The largest absolute Gasteiger partial charge is 0.387 e. The van der Waals surface area contributed by atoms with Crippen molar-refractivity contribution in [3.8, 4) is 0 Å². The van der Waals surface area contributed by atoms with Crippen LogP contribution < -0.4 is 0 Å². The highest BCUT2D eigenvalue weighted by Crippen LogP contribution is 2.22. The Morgan fingerprint density at radius 1 is 1.22 bits per heavy atom. The number of hydrogen-bond donors (Lipinski definition) is 0. The Hall–Kier alpha value is 0.757. The number of hydrogen-bond acceptors (Lipinski definition) is 1. The van der Waals surface area contributed by atoms with Gasteiger partial charge in [0.1, 0.15) is 0 Å². The van der Waals surface area contributed by atoms with Gasteiger partial charge in [-0.2, -0.15) is 0 Å². The molecule has 0 aliphatic heterocycles. The van der Waals surface area contributed by atoms with Crippen molar-refractivity contribution in [3.05, 3.63) is 0 Å². The summed E-state index contributed by atoms with van der Waals surface area (Å²) >= 11 is 11.4. The molecule has 0 saturated heterocycles. The van der Waals surface area contributed by atoms with E-state index in [1.807, 2.05) is 20.8 Å². The molecular weight excluding hydrogens is 175 g/mol. The van der Waals surface area contributed by atoms with Crippen LogP contribution in [0.4, 0.5) is 0 Å².